The van der Waals surface area contributed by atoms with Crippen LogP contribution in [0.5, 0.6) is 5.75 Å². The minimum Gasteiger partial charge on any atom is -0.466 e. The molecule has 3 aliphatic rings. The van der Waals surface area contributed by atoms with Crippen LogP contribution in [0.15, 0.2) is 119 Å². The second-order valence-corrected chi connectivity index (χ2v) is 17.7. The molecule has 0 fully saturated rings. The Bertz CT molecular complexity index is 2300. The van der Waals surface area contributed by atoms with Crippen molar-refractivity contribution in [2.24, 2.45) is 11.7 Å². The van der Waals surface area contributed by atoms with Crippen molar-refractivity contribution < 1.29 is 23.4 Å². The maximum absolute atomic E-state index is 13.3. The number of rotatable bonds is 13. The van der Waals surface area contributed by atoms with Gasteiger partial charge in [-0.1, -0.05) is 78.4 Å². The molecule has 0 saturated heterocycles. The van der Waals surface area contributed by atoms with E-state index in [9.17, 15) is 4.79 Å². The van der Waals surface area contributed by atoms with Crippen LogP contribution in [-0.4, -0.2) is 52.0 Å². The Kier molecular flexibility index (Phi) is 14.7. The highest BCUT2D eigenvalue weighted by molar-refractivity contribution is 7.93. The molecular formula is C49H58ClN2O4S2+. The molecule has 58 heavy (non-hydrogen) atoms. The van der Waals surface area contributed by atoms with Crippen LogP contribution in [0.2, 0.25) is 0 Å². The minimum absolute atomic E-state index is 0.191. The van der Waals surface area contributed by atoms with Gasteiger partial charge in [0.25, 0.3) is 0 Å². The third-order valence-electron chi connectivity index (χ3n) is 11.6. The summed E-state index contributed by atoms with van der Waals surface area (Å²) >= 11 is 12.7. The zero-order valence-corrected chi connectivity index (χ0v) is 37.0. The van der Waals surface area contributed by atoms with Crippen molar-refractivity contribution >= 4 is 75.2 Å². The average Bonchev–Trinajstić information content (AvgIpc) is 3.61. The lowest BCUT2D eigenvalue weighted by Crippen LogP contribution is -2.28. The number of fused-ring (bicyclic) bond motifs is 6. The van der Waals surface area contributed by atoms with Crippen LogP contribution >= 0.6 is 36.3 Å². The van der Waals surface area contributed by atoms with E-state index in [1.54, 1.807) is 0 Å². The number of carbonyl (C=O) groups excluding carboxylic acids is 1. The molecule has 4 aromatic carbocycles. The molecule has 2 aliphatic heterocycles. The molecule has 0 bridgehead atoms. The van der Waals surface area contributed by atoms with E-state index >= 15 is 0 Å². The lowest BCUT2D eigenvalue weighted by atomic mass is 9.78. The maximum Gasteiger partial charge on any atom is 0.309 e. The zero-order chi connectivity index (χ0) is 41.5. The largest absolute Gasteiger partial charge is 0.466 e. The number of halogens is 1. The van der Waals surface area contributed by atoms with Crippen LogP contribution in [0.4, 0.5) is 5.69 Å². The van der Waals surface area contributed by atoms with Crippen molar-refractivity contribution in [3.8, 4) is 5.75 Å². The number of hydrogen-bond acceptors (Lipinski definition) is 7. The quantitative estimate of drug-likeness (QED) is 0.0409. The van der Waals surface area contributed by atoms with Gasteiger partial charge in [-0.3, -0.25) is 4.79 Å². The van der Waals surface area contributed by atoms with E-state index in [1.165, 1.54) is 44.1 Å². The van der Waals surface area contributed by atoms with Gasteiger partial charge in [-0.05, 0) is 142 Å². The highest BCUT2D eigenvalue weighted by atomic mass is 35.5. The second-order valence-electron chi connectivity index (χ2n) is 16.2. The van der Waals surface area contributed by atoms with Gasteiger partial charge in [0.1, 0.15) is 18.1 Å². The molecule has 2 heterocycles. The van der Waals surface area contributed by atoms with E-state index < -0.39 is 0 Å². The van der Waals surface area contributed by atoms with E-state index in [4.69, 9.17) is 31.4 Å². The number of nitrogens with zero attached hydrogens (tertiary/aromatic N) is 1. The molecule has 1 unspecified atom stereocenters. The van der Waals surface area contributed by atoms with Crippen molar-refractivity contribution in [3.63, 3.8) is 0 Å². The summed E-state index contributed by atoms with van der Waals surface area (Å²) in [5.41, 5.74) is 11.4. The number of hydrogen-bond donors (Lipinski definition) is 3. The van der Waals surface area contributed by atoms with Crippen molar-refractivity contribution in [1.82, 2.24) is 0 Å². The molecule has 0 saturated carbocycles. The summed E-state index contributed by atoms with van der Waals surface area (Å²) in [4.78, 5) is 13.3. The Morgan fingerprint density at radius 2 is 1.60 bits per heavy atom. The van der Waals surface area contributed by atoms with Gasteiger partial charge in [0.05, 0.1) is 23.4 Å². The predicted molar refractivity (Wildman–Crippen MR) is 248 cm³/mol. The Balaban J connectivity index is 0.000000743. The first-order valence-electron chi connectivity index (χ1n) is 20.6. The maximum atomic E-state index is 13.3. The van der Waals surface area contributed by atoms with Gasteiger partial charge in [-0.2, -0.15) is 17.2 Å². The topological polar surface area (TPSA) is 84.8 Å². The fraction of sp³-hybridized carbons (Fsp3) is 0.388. The number of benzene rings is 4. The van der Waals surface area contributed by atoms with Gasteiger partial charge >= 0.3 is 5.97 Å². The number of carbonyl (C=O) groups is 1. The van der Waals surface area contributed by atoms with Crippen LogP contribution < -0.4 is 10.5 Å². The number of thiol groups is 1. The summed E-state index contributed by atoms with van der Waals surface area (Å²) in [5, 5.41) is 5.60. The normalized spacial score (nSPS) is 19.5. The Hall–Kier alpha value is -3.79. The molecule has 1 aliphatic carbocycles. The van der Waals surface area contributed by atoms with Crippen LogP contribution in [0.1, 0.15) is 84.3 Å². The number of unbranched alkanes of at least 4 members (excludes halogenated alkanes) is 2. The molecule has 7 rings (SSSR count). The lowest BCUT2D eigenvalue weighted by Gasteiger charge is -2.25. The SMILES string of the molecule is CCOC(=O)C1CC(/C=C/C2=[N+](CCCCS)c3ccc4ccccc4c3C2(C)C)=C(Cl)C(=C/C=C2/Oc3ccc4ccccc4c3C2(C)C)/C1.NCCCCSO. The van der Waals surface area contributed by atoms with Crippen molar-refractivity contribution in [1.29, 1.82) is 0 Å². The summed E-state index contributed by atoms with van der Waals surface area (Å²) < 4.78 is 22.7. The summed E-state index contributed by atoms with van der Waals surface area (Å²) in [6.07, 6.45) is 13.6. The molecule has 0 radical (unpaired) electrons. The summed E-state index contributed by atoms with van der Waals surface area (Å²) in [6.45, 7) is 12.9. The Morgan fingerprint density at radius 1 is 0.914 bits per heavy atom. The molecule has 0 aromatic heterocycles. The van der Waals surface area contributed by atoms with E-state index in [0.29, 0.717) is 24.5 Å². The summed E-state index contributed by atoms with van der Waals surface area (Å²) in [7, 11) is 0. The third-order valence-corrected chi connectivity index (χ3v) is 12.9. The molecule has 0 amide bonds. The molecule has 6 nitrogen and oxygen atoms in total. The van der Waals surface area contributed by atoms with Crippen LogP contribution in [0.3, 0.4) is 0 Å². The molecule has 3 N–H and O–H groups in total. The van der Waals surface area contributed by atoms with E-state index in [-0.39, 0.29) is 22.7 Å². The van der Waals surface area contributed by atoms with Gasteiger partial charge in [-0.25, -0.2) is 0 Å². The molecule has 0 spiro atoms. The first kappa shape index (κ1) is 43.8. The highest BCUT2D eigenvalue weighted by Crippen LogP contribution is 2.49. The van der Waals surface area contributed by atoms with Crippen molar-refractivity contribution in [2.75, 3.05) is 31.2 Å². The first-order chi connectivity index (χ1) is 28.0. The third kappa shape index (κ3) is 9.17. The van der Waals surface area contributed by atoms with E-state index in [2.05, 4.69) is 130 Å². The summed E-state index contributed by atoms with van der Waals surface area (Å²) in [5.74, 6) is 2.89. The second kappa shape index (κ2) is 19.5. The molecular weight excluding hydrogens is 780 g/mol. The average molecular weight is 839 g/mol. The van der Waals surface area contributed by atoms with Crippen molar-refractivity contribution in [2.45, 2.75) is 84.0 Å². The predicted octanol–water partition coefficient (Wildman–Crippen LogP) is 12.2. The van der Waals surface area contributed by atoms with E-state index in [1.807, 2.05) is 19.1 Å². The van der Waals surface area contributed by atoms with Gasteiger partial charge in [0.15, 0.2) is 5.71 Å². The number of esters is 1. The smallest absolute Gasteiger partial charge is 0.309 e. The van der Waals surface area contributed by atoms with Gasteiger partial charge in [0, 0.05) is 40.5 Å². The molecule has 9 heteroatoms. The number of nitrogens with two attached hydrogens (primary N) is 1. The fourth-order valence-electron chi connectivity index (χ4n) is 8.62. The van der Waals surface area contributed by atoms with Gasteiger partial charge in [-0.15, -0.1) is 0 Å². The highest BCUT2D eigenvalue weighted by Gasteiger charge is 2.45. The number of ether oxygens (including phenoxy) is 2. The number of allylic oxidation sites excluding steroid dienone is 8. The zero-order valence-electron chi connectivity index (χ0n) is 34.5. The van der Waals surface area contributed by atoms with E-state index in [0.717, 1.165) is 85.0 Å². The fourth-order valence-corrected chi connectivity index (χ4v) is 9.45. The standard InChI is InChI=1S/C45H46ClNO3S.C4H11NOS/c1-6-49-43(48)33-27-31(19-23-38-44(2,3)40-34-15-9-7-13-29(34)17-21-36(40)47(38)25-11-12-26-51)42(46)32(28-33)20-24-39-45(4,5)41-35-16-10-8-14-30(35)18-22-37(41)50-39;5-3-1-2-4-7-6/h7-10,13-24,33H,6,11-12,25-28H2,1-5H3;6H,1-5H2/p+1/b23-19+,32-20+,39-24+;. The molecule has 4 aromatic rings. The van der Waals surface area contributed by atoms with Crippen LogP contribution in [0, 0.1) is 5.92 Å². The first-order valence-corrected chi connectivity index (χ1v) is 22.5. The molecule has 1 atom stereocenters. The summed E-state index contributed by atoms with van der Waals surface area (Å²) in [6, 6.07) is 25.8. The Morgan fingerprint density at radius 3 is 2.28 bits per heavy atom. The minimum atomic E-state index is -0.346. The van der Waals surface area contributed by atoms with Crippen LogP contribution in [0.25, 0.3) is 21.5 Å². The monoisotopic (exact) mass is 837 g/mol. The molecule has 306 valence electrons. The lowest BCUT2D eigenvalue weighted by molar-refractivity contribution is -0.438. The van der Waals surface area contributed by atoms with Crippen molar-refractivity contribution in [3.05, 3.63) is 130 Å². The Labute approximate surface area is 359 Å². The van der Waals surface area contributed by atoms with Crippen LogP contribution in [-0.2, 0) is 20.4 Å². The van der Waals surface area contributed by atoms with Gasteiger partial charge in [0.2, 0.25) is 5.69 Å². The van der Waals surface area contributed by atoms with Gasteiger partial charge < -0.3 is 19.8 Å².